The quantitative estimate of drug-likeness (QED) is 0.588. The predicted molar refractivity (Wildman–Crippen MR) is 54.0 cm³/mol. The Labute approximate surface area is 85.4 Å². The van der Waals surface area contributed by atoms with Crippen LogP contribution in [0.25, 0.3) is 17.2 Å². The van der Waals surface area contributed by atoms with E-state index in [0.717, 1.165) is 11.3 Å². The van der Waals surface area contributed by atoms with Crippen LogP contribution >= 0.6 is 0 Å². The zero-order valence-electron chi connectivity index (χ0n) is 7.78. The highest BCUT2D eigenvalue weighted by molar-refractivity contribution is 5.53. The second-order valence-corrected chi connectivity index (χ2v) is 3.03. The lowest BCUT2D eigenvalue weighted by Gasteiger charge is -1.95. The molecule has 0 aromatic carbocycles. The molecule has 3 rings (SSSR count). The maximum absolute atomic E-state index is 4.21. The summed E-state index contributed by atoms with van der Waals surface area (Å²) in [7, 11) is 0. The largest absolute Gasteiger partial charge is 0.253 e. The van der Waals surface area contributed by atoms with Gasteiger partial charge < -0.3 is 0 Å². The van der Waals surface area contributed by atoms with Gasteiger partial charge in [-0.05, 0) is 24.3 Å². The second-order valence-electron chi connectivity index (χ2n) is 3.03. The van der Waals surface area contributed by atoms with Crippen molar-refractivity contribution in [2.45, 2.75) is 0 Å². The normalized spacial score (nSPS) is 10.7. The third kappa shape index (κ3) is 1.25. The van der Waals surface area contributed by atoms with Crippen molar-refractivity contribution in [2.24, 2.45) is 0 Å². The van der Waals surface area contributed by atoms with Gasteiger partial charge in [0.25, 0.3) is 0 Å². The summed E-state index contributed by atoms with van der Waals surface area (Å²) in [4.78, 5) is 4.21. The smallest absolute Gasteiger partial charge is 0.203 e. The average Bonchev–Trinajstić information content (AvgIpc) is 2.74. The van der Waals surface area contributed by atoms with Crippen LogP contribution in [0.15, 0.2) is 42.7 Å². The van der Waals surface area contributed by atoms with Crippen molar-refractivity contribution in [3.63, 3.8) is 0 Å². The topological polar surface area (TPSA) is 56.0 Å². The zero-order chi connectivity index (χ0) is 10.1. The van der Waals surface area contributed by atoms with Crippen molar-refractivity contribution >= 4 is 5.65 Å². The van der Waals surface area contributed by atoms with E-state index >= 15 is 0 Å². The third-order valence-corrected chi connectivity index (χ3v) is 2.07. The van der Waals surface area contributed by atoms with Crippen LogP contribution in [0, 0.1) is 0 Å². The molecule has 0 fully saturated rings. The molecule has 0 aliphatic rings. The van der Waals surface area contributed by atoms with Gasteiger partial charge in [-0.2, -0.15) is 9.61 Å². The molecule has 0 unspecified atom stereocenters. The van der Waals surface area contributed by atoms with Crippen LogP contribution in [-0.2, 0) is 0 Å². The summed E-state index contributed by atoms with van der Waals surface area (Å²) < 4.78 is 1.67. The standard InChI is InChI=1S/C10H7N5/c1-2-6-11-8(4-1)10-14-13-9-5-3-7-12-15(9)10/h1-7H. The van der Waals surface area contributed by atoms with Crippen molar-refractivity contribution in [3.05, 3.63) is 42.7 Å². The first-order chi connectivity index (χ1) is 7.45. The van der Waals surface area contributed by atoms with Crippen LogP contribution in [-0.4, -0.2) is 24.8 Å². The number of hydrogen-bond donors (Lipinski definition) is 0. The van der Waals surface area contributed by atoms with Gasteiger partial charge in [0.2, 0.25) is 5.82 Å². The average molecular weight is 197 g/mol. The minimum Gasteiger partial charge on any atom is -0.253 e. The summed E-state index contributed by atoms with van der Waals surface area (Å²) in [6.45, 7) is 0. The van der Waals surface area contributed by atoms with Gasteiger partial charge >= 0.3 is 0 Å². The van der Waals surface area contributed by atoms with Crippen molar-refractivity contribution < 1.29 is 0 Å². The van der Waals surface area contributed by atoms with Crippen molar-refractivity contribution in [1.29, 1.82) is 0 Å². The Morgan fingerprint density at radius 3 is 2.80 bits per heavy atom. The number of fused-ring (bicyclic) bond motifs is 1. The first kappa shape index (κ1) is 8.05. The molecule has 15 heavy (non-hydrogen) atoms. The molecule has 0 atom stereocenters. The minimum atomic E-state index is 0.659. The molecule has 0 aliphatic heterocycles. The van der Waals surface area contributed by atoms with Gasteiger partial charge in [-0.3, -0.25) is 4.98 Å². The lowest BCUT2D eigenvalue weighted by atomic mass is 10.3. The van der Waals surface area contributed by atoms with E-state index in [9.17, 15) is 0 Å². The number of pyridine rings is 1. The van der Waals surface area contributed by atoms with Gasteiger partial charge in [0.05, 0.1) is 0 Å². The number of nitrogens with zero attached hydrogens (tertiary/aromatic N) is 5. The Balaban J connectivity index is 2.28. The van der Waals surface area contributed by atoms with Gasteiger partial charge in [0, 0.05) is 12.4 Å². The maximum Gasteiger partial charge on any atom is 0.203 e. The summed E-state index contributed by atoms with van der Waals surface area (Å²) in [5.74, 6) is 0.659. The Hall–Kier alpha value is -2.30. The van der Waals surface area contributed by atoms with Gasteiger partial charge in [0.15, 0.2) is 5.65 Å². The van der Waals surface area contributed by atoms with Crippen LogP contribution in [0.1, 0.15) is 0 Å². The molecule has 5 heteroatoms. The Kier molecular flexibility index (Phi) is 1.68. The minimum absolute atomic E-state index is 0.659. The highest BCUT2D eigenvalue weighted by Crippen LogP contribution is 2.13. The van der Waals surface area contributed by atoms with E-state index in [0.29, 0.717) is 5.82 Å². The number of aromatic nitrogens is 5. The molecule has 3 aromatic heterocycles. The Morgan fingerprint density at radius 1 is 0.933 bits per heavy atom. The zero-order valence-corrected chi connectivity index (χ0v) is 7.78. The molecular formula is C10H7N5. The fourth-order valence-corrected chi connectivity index (χ4v) is 1.40. The molecule has 0 aliphatic carbocycles. The summed E-state index contributed by atoms with van der Waals surface area (Å²) in [6, 6.07) is 9.33. The molecule has 0 N–H and O–H groups in total. The predicted octanol–water partition coefficient (Wildman–Crippen LogP) is 1.19. The number of rotatable bonds is 1. The van der Waals surface area contributed by atoms with Crippen molar-refractivity contribution in [2.75, 3.05) is 0 Å². The van der Waals surface area contributed by atoms with Crippen LogP contribution in [0.2, 0.25) is 0 Å². The van der Waals surface area contributed by atoms with Gasteiger partial charge in [-0.15, -0.1) is 10.2 Å². The molecule has 72 valence electrons. The molecule has 0 radical (unpaired) electrons. The molecule has 3 aromatic rings. The van der Waals surface area contributed by atoms with E-state index in [4.69, 9.17) is 0 Å². The van der Waals surface area contributed by atoms with E-state index in [-0.39, 0.29) is 0 Å². The Bertz CT molecular complexity index is 587. The first-order valence-electron chi connectivity index (χ1n) is 4.53. The third-order valence-electron chi connectivity index (χ3n) is 2.07. The lowest BCUT2D eigenvalue weighted by Crippen LogP contribution is -1.94. The molecule has 5 nitrogen and oxygen atoms in total. The van der Waals surface area contributed by atoms with Gasteiger partial charge in [0.1, 0.15) is 5.69 Å². The highest BCUT2D eigenvalue weighted by Gasteiger charge is 2.08. The fourth-order valence-electron chi connectivity index (χ4n) is 1.40. The molecule has 0 spiro atoms. The fraction of sp³-hybridized carbons (Fsp3) is 0. The van der Waals surface area contributed by atoms with Crippen LogP contribution in [0.5, 0.6) is 0 Å². The molecule has 3 heterocycles. The van der Waals surface area contributed by atoms with E-state index in [1.807, 2.05) is 30.3 Å². The van der Waals surface area contributed by atoms with E-state index in [1.54, 1.807) is 16.9 Å². The Morgan fingerprint density at radius 2 is 1.93 bits per heavy atom. The lowest BCUT2D eigenvalue weighted by molar-refractivity contribution is 0.929. The molecule has 0 saturated heterocycles. The molecular weight excluding hydrogens is 190 g/mol. The molecule has 0 saturated carbocycles. The SMILES string of the molecule is c1ccc(-c2nnc3cccnn23)nc1. The van der Waals surface area contributed by atoms with E-state index < -0.39 is 0 Å². The van der Waals surface area contributed by atoms with Crippen molar-refractivity contribution in [3.8, 4) is 11.5 Å². The number of hydrogen-bond acceptors (Lipinski definition) is 4. The first-order valence-corrected chi connectivity index (χ1v) is 4.53. The summed E-state index contributed by atoms with van der Waals surface area (Å²) in [5, 5.41) is 12.2. The van der Waals surface area contributed by atoms with Gasteiger partial charge in [-0.25, -0.2) is 0 Å². The second kappa shape index (κ2) is 3.13. The molecule has 0 amide bonds. The van der Waals surface area contributed by atoms with E-state index in [1.165, 1.54) is 0 Å². The van der Waals surface area contributed by atoms with Crippen molar-refractivity contribution in [1.82, 2.24) is 24.8 Å². The van der Waals surface area contributed by atoms with Crippen LogP contribution < -0.4 is 0 Å². The summed E-state index contributed by atoms with van der Waals surface area (Å²) >= 11 is 0. The van der Waals surface area contributed by atoms with Crippen LogP contribution in [0.4, 0.5) is 0 Å². The molecule has 0 bridgehead atoms. The summed E-state index contributed by atoms with van der Waals surface area (Å²) in [5.41, 5.74) is 1.49. The summed E-state index contributed by atoms with van der Waals surface area (Å²) in [6.07, 6.45) is 3.42. The highest BCUT2D eigenvalue weighted by atomic mass is 15.4. The van der Waals surface area contributed by atoms with Gasteiger partial charge in [-0.1, -0.05) is 6.07 Å². The van der Waals surface area contributed by atoms with Crippen LogP contribution in [0.3, 0.4) is 0 Å². The maximum atomic E-state index is 4.21. The monoisotopic (exact) mass is 197 g/mol. The van der Waals surface area contributed by atoms with E-state index in [2.05, 4.69) is 20.3 Å².